The van der Waals surface area contributed by atoms with E-state index < -0.39 is 0 Å². The van der Waals surface area contributed by atoms with Gasteiger partial charge in [0.15, 0.2) is 0 Å². The molecule has 4 heteroatoms. The Bertz CT molecular complexity index is 395. The molecule has 1 saturated heterocycles. The molecule has 1 aliphatic heterocycles. The van der Waals surface area contributed by atoms with E-state index in [9.17, 15) is 9.59 Å². The summed E-state index contributed by atoms with van der Waals surface area (Å²) in [6.45, 7) is 0.590. The Hall–Kier alpha value is -0.900. The quantitative estimate of drug-likeness (QED) is 0.796. The fourth-order valence-corrected chi connectivity index (χ4v) is 4.84. The minimum absolute atomic E-state index is 0.00417. The van der Waals surface area contributed by atoms with E-state index in [0.29, 0.717) is 25.3 Å². The Morgan fingerprint density at radius 3 is 2.19 bits per heavy atom. The highest BCUT2D eigenvalue weighted by atomic mass is 16.2. The normalized spacial score (nSPS) is 33.5. The molecule has 2 amide bonds. The summed E-state index contributed by atoms with van der Waals surface area (Å²) in [7, 11) is 0. The van der Waals surface area contributed by atoms with Gasteiger partial charge < -0.3 is 5.73 Å². The van der Waals surface area contributed by atoms with Gasteiger partial charge in [0.1, 0.15) is 0 Å². The zero-order valence-corrected chi connectivity index (χ0v) is 13.0. The molecule has 2 aliphatic carbocycles. The molecule has 4 nitrogen and oxygen atoms in total. The van der Waals surface area contributed by atoms with E-state index in [-0.39, 0.29) is 23.3 Å². The molecule has 118 valence electrons. The number of amides is 2. The molecular formula is C17H28N2O2. The maximum absolute atomic E-state index is 12.7. The molecule has 0 aromatic rings. The van der Waals surface area contributed by atoms with Gasteiger partial charge in [0, 0.05) is 18.9 Å². The summed E-state index contributed by atoms with van der Waals surface area (Å²) in [6.07, 6.45) is 11.2. The molecule has 21 heavy (non-hydrogen) atoms. The van der Waals surface area contributed by atoms with Gasteiger partial charge in [0.05, 0.1) is 0 Å². The van der Waals surface area contributed by atoms with Crippen LogP contribution in [-0.2, 0) is 9.59 Å². The van der Waals surface area contributed by atoms with E-state index in [4.69, 9.17) is 5.73 Å². The van der Waals surface area contributed by atoms with Crippen LogP contribution in [-0.4, -0.2) is 29.3 Å². The number of imide groups is 1. The Balaban J connectivity index is 1.75. The van der Waals surface area contributed by atoms with Crippen molar-refractivity contribution in [3.05, 3.63) is 0 Å². The van der Waals surface area contributed by atoms with Gasteiger partial charge in [-0.1, -0.05) is 32.1 Å². The van der Waals surface area contributed by atoms with Crippen LogP contribution in [0.1, 0.15) is 70.6 Å². The number of hydrogen-bond acceptors (Lipinski definition) is 3. The number of nitrogens with two attached hydrogens (primary N) is 1. The highest BCUT2D eigenvalue weighted by Crippen LogP contribution is 2.46. The first-order valence-electron chi connectivity index (χ1n) is 8.70. The molecule has 1 spiro atoms. The molecule has 2 unspecified atom stereocenters. The lowest BCUT2D eigenvalue weighted by Crippen LogP contribution is -2.56. The largest absolute Gasteiger partial charge is 0.330 e. The summed E-state index contributed by atoms with van der Waals surface area (Å²) in [4.78, 5) is 27.0. The van der Waals surface area contributed by atoms with Gasteiger partial charge in [-0.2, -0.15) is 0 Å². The molecule has 0 aromatic heterocycles. The number of likely N-dealkylation sites (tertiary alicyclic amines) is 1. The van der Waals surface area contributed by atoms with Crippen molar-refractivity contribution in [1.29, 1.82) is 0 Å². The first kappa shape index (κ1) is 15.0. The second kappa shape index (κ2) is 6.07. The smallest absolute Gasteiger partial charge is 0.230 e. The molecular weight excluding hydrogens is 264 g/mol. The number of hydrogen-bond donors (Lipinski definition) is 1. The minimum Gasteiger partial charge on any atom is -0.330 e. The molecule has 0 bridgehead atoms. The fraction of sp³-hybridized carbons (Fsp3) is 0.882. The number of nitrogens with zero attached hydrogens (tertiary/aromatic N) is 1. The predicted molar refractivity (Wildman–Crippen MR) is 81.4 cm³/mol. The third-order valence-electron chi connectivity index (χ3n) is 6.01. The lowest BCUT2D eigenvalue weighted by molar-refractivity contribution is -0.160. The van der Waals surface area contributed by atoms with Gasteiger partial charge in [0.25, 0.3) is 0 Å². The fourth-order valence-electron chi connectivity index (χ4n) is 4.84. The number of carbonyl (C=O) groups is 2. The highest BCUT2D eigenvalue weighted by Gasteiger charge is 2.47. The van der Waals surface area contributed by atoms with Crippen molar-refractivity contribution in [2.75, 3.05) is 6.54 Å². The minimum atomic E-state index is -0.00417. The second-order valence-corrected chi connectivity index (χ2v) is 7.42. The molecule has 3 rings (SSSR count). The van der Waals surface area contributed by atoms with E-state index >= 15 is 0 Å². The van der Waals surface area contributed by atoms with E-state index in [1.807, 2.05) is 0 Å². The Morgan fingerprint density at radius 1 is 0.952 bits per heavy atom. The second-order valence-electron chi connectivity index (χ2n) is 7.42. The van der Waals surface area contributed by atoms with Gasteiger partial charge >= 0.3 is 0 Å². The average molecular weight is 292 g/mol. The number of carbonyl (C=O) groups excluding carboxylic acids is 2. The summed E-state index contributed by atoms with van der Waals surface area (Å²) in [5, 5.41) is 0. The van der Waals surface area contributed by atoms with E-state index in [0.717, 1.165) is 32.1 Å². The van der Waals surface area contributed by atoms with Crippen LogP contribution in [0, 0.1) is 11.3 Å². The molecule has 0 radical (unpaired) electrons. The van der Waals surface area contributed by atoms with E-state index in [2.05, 4.69) is 0 Å². The van der Waals surface area contributed by atoms with Crippen molar-refractivity contribution in [2.24, 2.45) is 17.1 Å². The van der Waals surface area contributed by atoms with Crippen LogP contribution >= 0.6 is 0 Å². The predicted octanol–water partition coefficient (Wildman–Crippen LogP) is 2.60. The third-order valence-corrected chi connectivity index (χ3v) is 6.01. The van der Waals surface area contributed by atoms with Crippen LogP contribution in [0.4, 0.5) is 0 Å². The van der Waals surface area contributed by atoms with Crippen molar-refractivity contribution in [3.8, 4) is 0 Å². The van der Waals surface area contributed by atoms with Crippen molar-refractivity contribution in [1.82, 2.24) is 4.90 Å². The Kier molecular flexibility index (Phi) is 4.34. The molecule has 2 N–H and O–H groups in total. The summed E-state index contributed by atoms with van der Waals surface area (Å²) in [6, 6.07) is 0.0738. The zero-order valence-electron chi connectivity index (χ0n) is 13.0. The molecule has 2 atom stereocenters. The monoisotopic (exact) mass is 292 g/mol. The zero-order chi connectivity index (χ0) is 14.9. The van der Waals surface area contributed by atoms with Crippen LogP contribution in [0.5, 0.6) is 0 Å². The van der Waals surface area contributed by atoms with Gasteiger partial charge in [-0.05, 0) is 43.6 Å². The first-order valence-corrected chi connectivity index (χ1v) is 8.70. The summed E-state index contributed by atoms with van der Waals surface area (Å²) in [5.41, 5.74) is 5.87. The molecule has 0 aromatic carbocycles. The SMILES string of the molecule is NCC1CCCCC1N1C(=O)CC2(CCCCC2)CC1=O. The molecule has 1 heterocycles. The van der Waals surface area contributed by atoms with Crippen LogP contribution in [0.15, 0.2) is 0 Å². The van der Waals surface area contributed by atoms with Crippen molar-refractivity contribution in [3.63, 3.8) is 0 Å². The standard InChI is InChI=1S/C17H28N2O2/c18-12-13-6-2-3-7-14(13)19-15(20)10-17(11-16(19)21)8-4-1-5-9-17/h13-14H,1-12,18H2. The van der Waals surface area contributed by atoms with Crippen LogP contribution in [0.25, 0.3) is 0 Å². The van der Waals surface area contributed by atoms with Gasteiger partial charge in [0.2, 0.25) is 11.8 Å². The lowest BCUT2D eigenvalue weighted by atomic mass is 9.67. The van der Waals surface area contributed by atoms with Crippen LogP contribution in [0.2, 0.25) is 0 Å². The maximum atomic E-state index is 12.7. The third kappa shape index (κ3) is 2.87. The van der Waals surface area contributed by atoms with Crippen LogP contribution in [0.3, 0.4) is 0 Å². The van der Waals surface area contributed by atoms with Gasteiger partial charge in [-0.15, -0.1) is 0 Å². The maximum Gasteiger partial charge on any atom is 0.230 e. The molecule has 3 aliphatic rings. The molecule has 2 saturated carbocycles. The van der Waals surface area contributed by atoms with Gasteiger partial charge in [-0.3, -0.25) is 14.5 Å². The Labute approximate surface area is 127 Å². The Morgan fingerprint density at radius 2 is 1.57 bits per heavy atom. The average Bonchev–Trinajstić information content (AvgIpc) is 2.47. The number of rotatable bonds is 2. The topological polar surface area (TPSA) is 63.4 Å². The lowest BCUT2D eigenvalue weighted by Gasteiger charge is -2.47. The van der Waals surface area contributed by atoms with Crippen molar-refractivity contribution >= 4 is 11.8 Å². The number of piperidine rings is 1. The highest BCUT2D eigenvalue weighted by molar-refractivity contribution is 5.99. The summed E-state index contributed by atoms with van der Waals surface area (Å²) >= 11 is 0. The van der Waals surface area contributed by atoms with E-state index in [1.165, 1.54) is 25.7 Å². The van der Waals surface area contributed by atoms with Crippen molar-refractivity contribution in [2.45, 2.75) is 76.7 Å². The van der Waals surface area contributed by atoms with Crippen LogP contribution < -0.4 is 5.73 Å². The summed E-state index contributed by atoms with van der Waals surface area (Å²) in [5.74, 6) is 0.476. The van der Waals surface area contributed by atoms with Crippen molar-refractivity contribution < 1.29 is 9.59 Å². The summed E-state index contributed by atoms with van der Waals surface area (Å²) < 4.78 is 0. The molecule has 3 fully saturated rings. The van der Waals surface area contributed by atoms with Gasteiger partial charge in [-0.25, -0.2) is 0 Å². The first-order chi connectivity index (χ1) is 10.2. The van der Waals surface area contributed by atoms with E-state index in [1.54, 1.807) is 4.90 Å².